The van der Waals surface area contributed by atoms with Crippen molar-refractivity contribution in [1.29, 1.82) is 5.26 Å². The van der Waals surface area contributed by atoms with Gasteiger partial charge in [-0.2, -0.15) is 5.26 Å². The van der Waals surface area contributed by atoms with Gasteiger partial charge in [0.05, 0.1) is 6.07 Å². The lowest BCUT2D eigenvalue weighted by Crippen LogP contribution is -2.20. The predicted molar refractivity (Wildman–Crippen MR) is 51.4 cm³/mol. The van der Waals surface area contributed by atoms with Gasteiger partial charge in [0.1, 0.15) is 0 Å². The van der Waals surface area contributed by atoms with E-state index in [2.05, 4.69) is 5.32 Å². The number of hydrogen-bond acceptors (Lipinski definition) is 3. The predicted octanol–water partition coefficient (Wildman–Crippen LogP) is 0.705. The Morgan fingerprint density at radius 3 is 2.73 bits per heavy atom. The summed E-state index contributed by atoms with van der Waals surface area (Å²) >= 11 is 0. The van der Waals surface area contributed by atoms with Gasteiger partial charge in [-0.05, 0) is 19.3 Å². The average molecular weight is 206 g/mol. The SMILES string of the molecule is N#CC1=C(NC(=O)/C=C\C(=O)O)CCC1. The van der Waals surface area contributed by atoms with Gasteiger partial charge in [0.15, 0.2) is 0 Å². The number of nitriles is 1. The molecule has 1 aliphatic rings. The molecule has 0 unspecified atom stereocenters. The van der Waals surface area contributed by atoms with Crippen molar-refractivity contribution >= 4 is 11.9 Å². The van der Waals surface area contributed by atoms with Gasteiger partial charge in [-0.3, -0.25) is 4.79 Å². The maximum absolute atomic E-state index is 11.2. The molecule has 1 aliphatic carbocycles. The second kappa shape index (κ2) is 4.96. The van der Waals surface area contributed by atoms with E-state index >= 15 is 0 Å². The van der Waals surface area contributed by atoms with Crippen LogP contribution in [0, 0.1) is 11.3 Å². The van der Waals surface area contributed by atoms with Crippen LogP contribution < -0.4 is 5.32 Å². The summed E-state index contributed by atoms with van der Waals surface area (Å²) in [7, 11) is 0. The van der Waals surface area contributed by atoms with E-state index in [1.54, 1.807) is 0 Å². The molecule has 5 heteroatoms. The van der Waals surface area contributed by atoms with Gasteiger partial charge in [0.25, 0.3) is 0 Å². The molecule has 0 fully saturated rings. The normalized spacial score (nSPS) is 15.4. The Morgan fingerprint density at radius 1 is 1.40 bits per heavy atom. The number of allylic oxidation sites excluding steroid dienone is 2. The second-order valence-electron chi connectivity index (χ2n) is 3.08. The number of aliphatic carboxylic acids is 1. The van der Waals surface area contributed by atoms with Crippen molar-refractivity contribution in [1.82, 2.24) is 5.32 Å². The molecule has 2 N–H and O–H groups in total. The topological polar surface area (TPSA) is 90.2 Å². The summed E-state index contributed by atoms with van der Waals surface area (Å²) < 4.78 is 0. The number of carboxylic acids is 1. The zero-order valence-corrected chi connectivity index (χ0v) is 7.99. The van der Waals surface area contributed by atoms with Crippen LogP contribution in [0.25, 0.3) is 0 Å². The van der Waals surface area contributed by atoms with E-state index in [9.17, 15) is 9.59 Å². The molecule has 0 radical (unpaired) electrons. The lowest BCUT2D eigenvalue weighted by atomic mass is 10.2. The van der Waals surface area contributed by atoms with Crippen molar-refractivity contribution in [3.05, 3.63) is 23.4 Å². The van der Waals surface area contributed by atoms with Crippen molar-refractivity contribution in [2.75, 3.05) is 0 Å². The zero-order chi connectivity index (χ0) is 11.3. The van der Waals surface area contributed by atoms with E-state index in [0.29, 0.717) is 24.1 Å². The first kappa shape index (κ1) is 11.0. The zero-order valence-electron chi connectivity index (χ0n) is 7.99. The molecule has 0 saturated carbocycles. The van der Waals surface area contributed by atoms with Crippen LogP contribution in [0.15, 0.2) is 23.4 Å². The van der Waals surface area contributed by atoms with Gasteiger partial charge in [-0.25, -0.2) is 4.79 Å². The number of rotatable bonds is 3. The van der Waals surface area contributed by atoms with E-state index in [0.717, 1.165) is 18.6 Å². The monoisotopic (exact) mass is 206 g/mol. The Bertz CT molecular complexity index is 388. The molecule has 78 valence electrons. The van der Waals surface area contributed by atoms with Gasteiger partial charge >= 0.3 is 5.97 Å². The fraction of sp³-hybridized carbons (Fsp3) is 0.300. The third-order valence-electron chi connectivity index (χ3n) is 2.00. The van der Waals surface area contributed by atoms with E-state index in [-0.39, 0.29) is 0 Å². The van der Waals surface area contributed by atoms with Crippen LogP contribution in [0.3, 0.4) is 0 Å². The summed E-state index contributed by atoms with van der Waals surface area (Å²) in [5.41, 5.74) is 1.18. The number of amides is 1. The summed E-state index contributed by atoms with van der Waals surface area (Å²) in [6.45, 7) is 0. The Balaban J connectivity index is 2.59. The molecule has 15 heavy (non-hydrogen) atoms. The summed E-state index contributed by atoms with van der Waals surface area (Å²) in [6.07, 6.45) is 3.88. The van der Waals surface area contributed by atoms with Gasteiger partial charge in [0, 0.05) is 23.4 Å². The smallest absolute Gasteiger partial charge is 0.328 e. The highest BCUT2D eigenvalue weighted by atomic mass is 16.4. The van der Waals surface area contributed by atoms with E-state index < -0.39 is 11.9 Å². The molecule has 1 amide bonds. The van der Waals surface area contributed by atoms with Crippen LogP contribution in [-0.2, 0) is 9.59 Å². The van der Waals surface area contributed by atoms with Crippen LogP contribution in [0.1, 0.15) is 19.3 Å². The standard InChI is InChI=1S/C10H10N2O3/c11-6-7-2-1-3-8(7)12-9(13)4-5-10(14)15/h4-5H,1-3H2,(H,12,13)(H,14,15)/b5-4-. The molecule has 0 aromatic carbocycles. The van der Waals surface area contributed by atoms with Crippen molar-refractivity contribution in [3.63, 3.8) is 0 Å². The number of carboxylic acid groups (broad SMARTS) is 1. The summed E-state index contributed by atoms with van der Waals surface area (Å²) in [4.78, 5) is 21.3. The molecular formula is C10H10N2O3. The van der Waals surface area contributed by atoms with Gasteiger partial charge in [0.2, 0.25) is 5.91 Å². The molecular weight excluding hydrogens is 196 g/mol. The fourth-order valence-electron chi connectivity index (χ4n) is 1.34. The van der Waals surface area contributed by atoms with E-state index in [1.165, 1.54) is 0 Å². The first-order chi connectivity index (χ1) is 7.13. The fourth-order valence-corrected chi connectivity index (χ4v) is 1.34. The van der Waals surface area contributed by atoms with Crippen molar-refractivity contribution < 1.29 is 14.7 Å². The largest absolute Gasteiger partial charge is 0.478 e. The first-order valence-corrected chi connectivity index (χ1v) is 4.47. The molecule has 0 bridgehead atoms. The summed E-state index contributed by atoms with van der Waals surface area (Å²) in [5.74, 6) is -1.69. The van der Waals surface area contributed by atoms with Crippen molar-refractivity contribution in [3.8, 4) is 6.07 Å². The minimum atomic E-state index is -1.17. The highest BCUT2D eigenvalue weighted by Crippen LogP contribution is 2.22. The Labute approximate surface area is 86.7 Å². The van der Waals surface area contributed by atoms with Gasteiger partial charge < -0.3 is 10.4 Å². The molecule has 0 spiro atoms. The average Bonchev–Trinajstić information content (AvgIpc) is 2.62. The third kappa shape index (κ3) is 3.27. The number of carbonyl (C=O) groups excluding carboxylic acids is 1. The highest BCUT2D eigenvalue weighted by Gasteiger charge is 2.15. The maximum atomic E-state index is 11.2. The molecule has 1 rings (SSSR count). The van der Waals surface area contributed by atoms with Crippen LogP contribution in [0.2, 0.25) is 0 Å². The van der Waals surface area contributed by atoms with Crippen molar-refractivity contribution in [2.45, 2.75) is 19.3 Å². The molecule has 0 aromatic heterocycles. The number of carbonyl (C=O) groups is 2. The minimum absolute atomic E-state index is 0.512. The minimum Gasteiger partial charge on any atom is -0.478 e. The van der Waals surface area contributed by atoms with E-state index in [1.807, 2.05) is 6.07 Å². The summed E-state index contributed by atoms with van der Waals surface area (Å²) in [6, 6.07) is 2.01. The number of hydrogen-bond donors (Lipinski definition) is 2. The van der Waals surface area contributed by atoms with E-state index in [4.69, 9.17) is 10.4 Å². The molecule has 0 aromatic rings. The molecule has 0 saturated heterocycles. The molecule has 0 atom stereocenters. The second-order valence-corrected chi connectivity index (χ2v) is 3.08. The lowest BCUT2D eigenvalue weighted by Gasteiger charge is -2.02. The molecule has 0 heterocycles. The van der Waals surface area contributed by atoms with Crippen LogP contribution >= 0.6 is 0 Å². The molecule has 0 aliphatic heterocycles. The maximum Gasteiger partial charge on any atom is 0.328 e. The molecule has 5 nitrogen and oxygen atoms in total. The lowest BCUT2D eigenvalue weighted by molar-refractivity contribution is -0.131. The van der Waals surface area contributed by atoms with Crippen LogP contribution in [-0.4, -0.2) is 17.0 Å². The van der Waals surface area contributed by atoms with Gasteiger partial charge in [-0.1, -0.05) is 0 Å². The van der Waals surface area contributed by atoms with Crippen LogP contribution in [0.5, 0.6) is 0 Å². The Morgan fingerprint density at radius 2 is 2.13 bits per heavy atom. The third-order valence-corrected chi connectivity index (χ3v) is 2.00. The number of nitrogens with one attached hydrogen (secondary N) is 1. The van der Waals surface area contributed by atoms with Gasteiger partial charge in [-0.15, -0.1) is 0 Å². The number of nitrogens with zero attached hydrogens (tertiary/aromatic N) is 1. The Kier molecular flexibility index (Phi) is 3.63. The Hall–Kier alpha value is -2.09. The first-order valence-electron chi connectivity index (χ1n) is 4.47. The summed E-state index contributed by atoms with van der Waals surface area (Å²) in [5, 5.41) is 19.5. The quantitative estimate of drug-likeness (QED) is 0.665. The van der Waals surface area contributed by atoms with Crippen molar-refractivity contribution in [2.24, 2.45) is 0 Å². The van der Waals surface area contributed by atoms with Crippen LogP contribution in [0.4, 0.5) is 0 Å². The highest BCUT2D eigenvalue weighted by molar-refractivity contribution is 5.94.